The highest BCUT2D eigenvalue weighted by Crippen LogP contribution is 2.26. The average molecular weight is 311 g/mol. The number of rotatable bonds is 4. The largest absolute Gasteiger partial charge is 0.350 e. The van der Waals surface area contributed by atoms with Gasteiger partial charge in [-0.05, 0) is 57.8 Å². The second-order valence-electron chi connectivity index (χ2n) is 6.74. The summed E-state index contributed by atoms with van der Waals surface area (Å²) in [6, 6.07) is 12.3. The highest BCUT2D eigenvalue weighted by Gasteiger charge is 2.22. The number of fused-ring (bicyclic) bond motifs is 1. The van der Waals surface area contributed by atoms with Gasteiger partial charge in [0.1, 0.15) is 5.69 Å². The van der Waals surface area contributed by atoms with Gasteiger partial charge in [0.15, 0.2) is 0 Å². The first kappa shape index (κ1) is 15.9. The van der Waals surface area contributed by atoms with Crippen LogP contribution < -0.4 is 5.32 Å². The van der Waals surface area contributed by atoms with Gasteiger partial charge in [-0.3, -0.25) is 4.79 Å². The summed E-state index contributed by atoms with van der Waals surface area (Å²) in [5.41, 5.74) is 1.37. The molecule has 0 saturated heterocycles. The van der Waals surface area contributed by atoms with E-state index in [1.807, 2.05) is 30.3 Å². The molecule has 2 aromatic rings. The second-order valence-corrected chi connectivity index (χ2v) is 6.74. The molecule has 1 heterocycles. The molecule has 23 heavy (non-hydrogen) atoms. The summed E-state index contributed by atoms with van der Waals surface area (Å²) in [6.45, 7) is 0.757. The Morgan fingerprint density at radius 3 is 2.61 bits per heavy atom. The number of nitrogens with one attached hydrogen (secondary N) is 1. The van der Waals surface area contributed by atoms with E-state index in [9.17, 15) is 4.79 Å². The lowest BCUT2D eigenvalue weighted by Crippen LogP contribution is -2.36. The zero-order valence-corrected chi connectivity index (χ0v) is 14.0. The molecule has 0 spiro atoms. The summed E-state index contributed by atoms with van der Waals surface area (Å²) in [5, 5.41) is 4.12. The topological polar surface area (TPSA) is 45.2 Å². The van der Waals surface area contributed by atoms with Crippen LogP contribution in [0.5, 0.6) is 0 Å². The van der Waals surface area contributed by atoms with Crippen molar-refractivity contribution >= 4 is 16.8 Å². The van der Waals surface area contributed by atoms with E-state index >= 15 is 0 Å². The van der Waals surface area contributed by atoms with E-state index in [4.69, 9.17) is 0 Å². The molecule has 1 fully saturated rings. The number of hydrogen-bond acceptors (Lipinski definition) is 3. The Balaban J connectivity index is 1.55. The molecule has 3 rings (SSSR count). The van der Waals surface area contributed by atoms with Crippen molar-refractivity contribution in [3.63, 3.8) is 0 Å². The molecule has 4 heteroatoms. The van der Waals surface area contributed by atoms with Crippen molar-refractivity contribution in [3.8, 4) is 0 Å². The maximum Gasteiger partial charge on any atom is 0.269 e. The van der Waals surface area contributed by atoms with Crippen molar-refractivity contribution in [2.45, 2.75) is 31.7 Å². The van der Waals surface area contributed by atoms with Crippen LogP contribution in [-0.2, 0) is 0 Å². The first-order valence-corrected chi connectivity index (χ1v) is 8.44. The van der Waals surface area contributed by atoms with Gasteiger partial charge in [0.25, 0.3) is 5.91 Å². The third kappa shape index (κ3) is 3.88. The van der Waals surface area contributed by atoms with Crippen LogP contribution in [0, 0.1) is 5.92 Å². The monoisotopic (exact) mass is 311 g/mol. The third-order valence-corrected chi connectivity index (χ3v) is 4.93. The molecule has 0 aliphatic heterocycles. The second kappa shape index (κ2) is 7.09. The number of carbonyl (C=O) groups is 1. The molecule has 1 aliphatic rings. The van der Waals surface area contributed by atoms with Crippen LogP contribution in [0.3, 0.4) is 0 Å². The zero-order valence-electron chi connectivity index (χ0n) is 14.0. The van der Waals surface area contributed by atoms with Gasteiger partial charge in [0.05, 0.1) is 5.52 Å². The highest BCUT2D eigenvalue weighted by molar-refractivity contribution is 5.94. The smallest absolute Gasteiger partial charge is 0.269 e. The van der Waals surface area contributed by atoms with Crippen LogP contribution in [0.2, 0.25) is 0 Å². The van der Waals surface area contributed by atoms with Crippen LogP contribution in [0.25, 0.3) is 10.9 Å². The lowest BCUT2D eigenvalue weighted by atomic mass is 9.85. The first-order chi connectivity index (χ1) is 11.1. The molecule has 1 aromatic carbocycles. The average Bonchev–Trinajstić information content (AvgIpc) is 2.59. The van der Waals surface area contributed by atoms with Crippen molar-refractivity contribution in [2.24, 2.45) is 5.92 Å². The fraction of sp³-hybridized carbons (Fsp3) is 0.474. The Morgan fingerprint density at radius 2 is 1.87 bits per heavy atom. The third-order valence-electron chi connectivity index (χ3n) is 4.93. The Bertz CT molecular complexity index is 675. The molecule has 1 saturated carbocycles. The minimum absolute atomic E-state index is 0.0644. The summed E-state index contributed by atoms with van der Waals surface area (Å²) in [6.07, 6.45) is 4.83. The Morgan fingerprint density at radius 1 is 1.13 bits per heavy atom. The molecular formula is C19H25N3O. The zero-order chi connectivity index (χ0) is 16.2. The van der Waals surface area contributed by atoms with Crippen molar-refractivity contribution < 1.29 is 4.79 Å². The fourth-order valence-corrected chi connectivity index (χ4v) is 3.39. The van der Waals surface area contributed by atoms with E-state index in [0.717, 1.165) is 17.4 Å². The lowest BCUT2D eigenvalue weighted by Gasteiger charge is -2.32. The van der Waals surface area contributed by atoms with Gasteiger partial charge >= 0.3 is 0 Å². The summed E-state index contributed by atoms with van der Waals surface area (Å²) in [7, 11) is 4.30. The quantitative estimate of drug-likeness (QED) is 0.944. The van der Waals surface area contributed by atoms with Crippen molar-refractivity contribution in [2.75, 3.05) is 20.6 Å². The molecule has 0 unspecified atom stereocenters. The summed E-state index contributed by atoms with van der Waals surface area (Å²) in [5.74, 6) is 0.529. The number of hydrogen-bond donors (Lipinski definition) is 1. The number of para-hydroxylation sites is 1. The number of benzene rings is 1. The minimum atomic E-state index is -0.0644. The van der Waals surface area contributed by atoms with Crippen LogP contribution in [-0.4, -0.2) is 42.5 Å². The summed E-state index contributed by atoms with van der Waals surface area (Å²) >= 11 is 0. The number of amides is 1. The maximum absolute atomic E-state index is 12.3. The molecule has 4 nitrogen and oxygen atoms in total. The fourth-order valence-electron chi connectivity index (χ4n) is 3.39. The predicted octanol–water partition coefficient (Wildman–Crippen LogP) is 3.09. The van der Waals surface area contributed by atoms with E-state index in [2.05, 4.69) is 29.3 Å². The molecule has 0 radical (unpaired) electrons. The molecule has 0 bridgehead atoms. The SMILES string of the molecule is CN(C)C1CCC(CNC(=O)c2ccc3ccccc3n2)CC1. The molecule has 1 N–H and O–H groups in total. The Labute approximate surface area is 137 Å². The van der Waals surface area contributed by atoms with Gasteiger partial charge < -0.3 is 10.2 Å². The molecule has 1 aliphatic carbocycles. The van der Waals surface area contributed by atoms with Crippen molar-refractivity contribution in [1.29, 1.82) is 0 Å². The van der Waals surface area contributed by atoms with Crippen LogP contribution in [0.4, 0.5) is 0 Å². The number of carbonyl (C=O) groups excluding carboxylic acids is 1. The Kier molecular flexibility index (Phi) is 4.91. The van der Waals surface area contributed by atoms with Gasteiger partial charge in [0, 0.05) is 18.0 Å². The first-order valence-electron chi connectivity index (χ1n) is 8.44. The van der Waals surface area contributed by atoms with Gasteiger partial charge in [-0.2, -0.15) is 0 Å². The van der Waals surface area contributed by atoms with E-state index < -0.39 is 0 Å². The minimum Gasteiger partial charge on any atom is -0.350 e. The predicted molar refractivity (Wildman–Crippen MR) is 93.5 cm³/mol. The molecule has 1 amide bonds. The van der Waals surface area contributed by atoms with Crippen LogP contribution in [0.1, 0.15) is 36.2 Å². The van der Waals surface area contributed by atoms with E-state index in [0.29, 0.717) is 17.7 Å². The van der Waals surface area contributed by atoms with Gasteiger partial charge in [-0.15, -0.1) is 0 Å². The lowest BCUT2D eigenvalue weighted by molar-refractivity contribution is 0.0934. The normalized spacial score (nSPS) is 21.5. The highest BCUT2D eigenvalue weighted by atomic mass is 16.1. The summed E-state index contributed by atoms with van der Waals surface area (Å²) in [4.78, 5) is 19.1. The summed E-state index contributed by atoms with van der Waals surface area (Å²) < 4.78 is 0. The van der Waals surface area contributed by atoms with Gasteiger partial charge in [-0.1, -0.05) is 24.3 Å². The van der Waals surface area contributed by atoms with Gasteiger partial charge in [0.2, 0.25) is 0 Å². The molecule has 1 aromatic heterocycles. The van der Waals surface area contributed by atoms with Crippen LogP contribution >= 0.6 is 0 Å². The van der Waals surface area contributed by atoms with E-state index in [1.165, 1.54) is 25.7 Å². The van der Waals surface area contributed by atoms with E-state index in [-0.39, 0.29) is 5.91 Å². The Hall–Kier alpha value is -1.94. The van der Waals surface area contributed by atoms with Crippen molar-refractivity contribution in [1.82, 2.24) is 15.2 Å². The van der Waals surface area contributed by atoms with E-state index in [1.54, 1.807) is 6.07 Å². The maximum atomic E-state index is 12.3. The standard InChI is InChI=1S/C19H25N3O/c1-22(2)16-10-7-14(8-11-16)13-20-19(23)18-12-9-15-5-3-4-6-17(15)21-18/h3-6,9,12,14,16H,7-8,10-11,13H2,1-2H3,(H,20,23). The number of nitrogens with zero attached hydrogens (tertiary/aromatic N) is 2. The molecule has 122 valence electrons. The van der Waals surface area contributed by atoms with Gasteiger partial charge in [-0.25, -0.2) is 4.98 Å². The molecular weight excluding hydrogens is 286 g/mol. The molecule has 0 atom stereocenters. The number of pyridine rings is 1. The number of aromatic nitrogens is 1. The van der Waals surface area contributed by atoms with Crippen LogP contribution in [0.15, 0.2) is 36.4 Å². The van der Waals surface area contributed by atoms with Crippen molar-refractivity contribution in [3.05, 3.63) is 42.1 Å².